The molecule has 1 aromatic heterocycles. The van der Waals surface area contributed by atoms with Gasteiger partial charge in [0.1, 0.15) is 11.4 Å². The zero-order chi connectivity index (χ0) is 21.3. The molecule has 2 heterocycles. The molecule has 2 aromatic carbocycles. The molecule has 5 heteroatoms. The molecule has 0 atom stereocenters. The van der Waals surface area contributed by atoms with Gasteiger partial charge in [-0.1, -0.05) is 13.0 Å². The summed E-state index contributed by atoms with van der Waals surface area (Å²) in [7, 11) is 0. The highest BCUT2D eigenvalue weighted by atomic mass is 19.1. The highest BCUT2D eigenvalue weighted by Gasteiger charge is 2.19. The molecule has 3 aromatic rings. The predicted molar refractivity (Wildman–Crippen MR) is 121 cm³/mol. The van der Waals surface area contributed by atoms with E-state index in [4.69, 9.17) is 4.42 Å². The molecule has 0 amide bonds. The number of aryl methyl sites for hydroxylation is 1. The van der Waals surface area contributed by atoms with Crippen molar-refractivity contribution in [1.82, 2.24) is 0 Å². The van der Waals surface area contributed by atoms with E-state index in [1.54, 1.807) is 6.07 Å². The molecule has 0 radical (unpaired) electrons. The minimum atomic E-state index is -0.405. The van der Waals surface area contributed by atoms with Crippen LogP contribution in [0.15, 0.2) is 57.2 Å². The number of benzene rings is 2. The lowest BCUT2D eigenvalue weighted by Crippen LogP contribution is -2.23. The number of halogens is 1. The number of nitrogens with one attached hydrogen (secondary N) is 1. The van der Waals surface area contributed by atoms with Gasteiger partial charge in [0.25, 0.3) is 0 Å². The number of rotatable bonds is 5. The largest absolute Gasteiger partial charge is 0.422 e. The molecular weight excluding hydrogens is 379 g/mol. The van der Waals surface area contributed by atoms with E-state index in [-0.39, 0.29) is 5.82 Å². The Balaban J connectivity index is 1.77. The van der Waals surface area contributed by atoms with Crippen LogP contribution in [0.3, 0.4) is 0 Å². The van der Waals surface area contributed by atoms with Crippen molar-refractivity contribution in [2.45, 2.75) is 33.1 Å². The van der Waals surface area contributed by atoms with Crippen LogP contribution in [0.1, 0.15) is 37.8 Å². The number of hydrogen-bond acceptors (Lipinski definition) is 4. The van der Waals surface area contributed by atoms with Gasteiger partial charge in [0.05, 0.1) is 18.2 Å². The molecule has 30 heavy (non-hydrogen) atoms. The SMILES string of the molecule is [CH2+]CN(CCC)c1ccc2cc(C3=C(C)CCc4ccc(F)cc4N3)c(=O)oc2c1. The second-order valence-corrected chi connectivity index (χ2v) is 7.74. The van der Waals surface area contributed by atoms with Crippen LogP contribution < -0.4 is 15.8 Å². The van der Waals surface area contributed by atoms with E-state index in [0.717, 1.165) is 48.0 Å². The van der Waals surface area contributed by atoms with Crippen LogP contribution in [0.25, 0.3) is 16.7 Å². The van der Waals surface area contributed by atoms with Crippen LogP contribution >= 0.6 is 0 Å². The van der Waals surface area contributed by atoms with Crippen LogP contribution in [0, 0.1) is 12.7 Å². The van der Waals surface area contributed by atoms with Crippen molar-refractivity contribution in [3.05, 3.63) is 82.3 Å². The van der Waals surface area contributed by atoms with Crippen molar-refractivity contribution in [1.29, 1.82) is 0 Å². The Morgan fingerprint density at radius 3 is 2.77 bits per heavy atom. The Hall–Kier alpha value is -3.21. The van der Waals surface area contributed by atoms with Gasteiger partial charge in [0.15, 0.2) is 6.54 Å². The normalized spacial score (nSPS) is 13.7. The monoisotopic (exact) mass is 405 g/mol. The van der Waals surface area contributed by atoms with Gasteiger partial charge in [-0.05, 0) is 67.7 Å². The molecule has 4 rings (SSSR count). The van der Waals surface area contributed by atoms with Crippen molar-refractivity contribution in [2.75, 3.05) is 23.3 Å². The maximum atomic E-state index is 13.8. The molecule has 1 N–H and O–H groups in total. The lowest BCUT2D eigenvalue weighted by Gasteiger charge is -2.19. The van der Waals surface area contributed by atoms with Gasteiger partial charge in [-0.25, -0.2) is 9.18 Å². The van der Waals surface area contributed by atoms with Crippen molar-refractivity contribution >= 4 is 28.0 Å². The van der Waals surface area contributed by atoms with Crippen LogP contribution in [0.4, 0.5) is 15.8 Å². The lowest BCUT2D eigenvalue weighted by atomic mass is 10.0. The van der Waals surface area contributed by atoms with Gasteiger partial charge < -0.3 is 14.6 Å². The summed E-state index contributed by atoms with van der Waals surface area (Å²) in [5.74, 6) is -0.305. The molecule has 0 spiro atoms. The van der Waals surface area contributed by atoms with E-state index >= 15 is 0 Å². The van der Waals surface area contributed by atoms with Crippen molar-refractivity contribution in [2.24, 2.45) is 0 Å². The van der Waals surface area contributed by atoms with Crippen molar-refractivity contribution in [3.63, 3.8) is 0 Å². The highest BCUT2D eigenvalue weighted by Crippen LogP contribution is 2.32. The van der Waals surface area contributed by atoms with Gasteiger partial charge in [-0.15, -0.1) is 0 Å². The van der Waals surface area contributed by atoms with Crippen molar-refractivity contribution < 1.29 is 8.81 Å². The standard InChI is InChI=1S/C25H26FN2O2/c1-4-12-28(5-2)20-11-9-18-13-21(25(29)30-23(18)15-20)24-16(3)6-7-17-8-10-19(26)14-22(17)27-24/h8-11,13-15,27H,2,4-7,12H2,1,3H3/q+1. The summed E-state index contributed by atoms with van der Waals surface area (Å²) in [6, 6.07) is 12.5. The molecule has 0 aliphatic carbocycles. The number of fused-ring (bicyclic) bond motifs is 2. The Labute approximate surface area is 176 Å². The first-order valence-corrected chi connectivity index (χ1v) is 10.4. The van der Waals surface area contributed by atoms with Gasteiger partial charge in [-0.2, -0.15) is 0 Å². The van der Waals surface area contributed by atoms with Crippen molar-refractivity contribution in [3.8, 4) is 0 Å². The summed E-state index contributed by atoms with van der Waals surface area (Å²) in [6.07, 6.45) is 2.59. The van der Waals surface area contributed by atoms with Gasteiger partial charge in [0, 0.05) is 29.4 Å². The first-order valence-electron chi connectivity index (χ1n) is 10.4. The molecule has 1 aliphatic heterocycles. The van der Waals surface area contributed by atoms with Gasteiger partial charge >= 0.3 is 5.63 Å². The number of allylic oxidation sites excluding steroid dienone is 1. The third-order valence-corrected chi connectivity index (χ3v) is 5.65. The second kappa shape index (κ2) is 8.27. The van der Waals surface area contributed by atoms with E-state index in [1.165, 1.54) is 12.1 Å². The molecule has 0 fully saturated rings. The number of hydrogen-bond donors (Lipinski definition) is 1. The van der Waals surface area contributed by atoms with Crippen LogP contribution in [-0.4, -0.2) is 13.1 Å². The van der Waals surface area contributed by atoms with Gasteiger partial charge in [0.2, 0.25) is 0 Å². The molecular formula is C25H26FN2O2+. The highest BCUT2D eigenvalue weighted by molar-refractivity contribution is 5.87. The first-order chi connectivity index (χ1) is 14.5. The third kappa shape index (κ3) is 3.80. The average molecular weight is 405 g/mol. The maximum absolute atomic E-state index is 13.8. The van der Waals surface area contributed by atoms with E-state index in [9.17, 15) is 9.18 Å². The second-order valence-electron chi connectivity index (χ2n) is 7.74. The van der Waals surface area contributed by atoms with Crippen LogP contribution in [-0.2, 0) is 6.42 Å². The summed E-state index contributed by atoms with van der Waals surface area (Å²) in [4.78, 5) is 15.1. The quantitative estimate of drug-likeness (QED) is 0.432. The fourth-order valence-electron chi connectivity index (χ4n) is 3.98. The van der Waals surface area contributed by atoms with E-state index < -0.39 is 5.63 Å². The molecule has 1 aliphatic rings. The fraction of sp³-hybridized carbons (Fsp3) is 0.280. The Bertz CT molecular complexity index is 1180. The number of anilines is 2. The topological polar surface area (TPSA) is 45.5 Å². The minimum Gasteiger partial charge on any atom is -0.422 e. The summed E-state index contributed by atoms with van der Waals surface area (Å²) in [6.45, 7) is 9.64. The number of nitrogens with zero attached hydrogens (tertiary/aromatic N) is 1. The molecule has 0 saturated carbocycles. The zero-order valence-electron chi connectivity index (χ0n) is 17.4. The predicted octanol–water partition coefficient (Wildman–Crippen LogP) is 5.77. The summed E-state index contributed by atoms with van der Waals surface area (Å²) in [5.41, 5.74) is 5.07. The van der Waals surface area contributed by atoms with Crippen LogP contribution in [0.5, 0.6) is 0 Å². The average Bonchev–Trinajstić information content (AvgIpc) is 2.89. The Morgan fingerprint density at radius 1 is 1.17 bits per heavy atom. The molecule has 0 bridgehead atoms. The summed E-state index contributed by atoms with van der Waals surface area (Å²) < 4.78 is 19.5. The third-order valence-electron chi connectivity index (χ3n) is 5.65. The fourth-order valence-corrected chi connectivity index (χ4v) is 3.98. The Kier molecular flexibility index (Phi) is 5.53. The zero-order valence-corrected chi connectivity index (χ0v) is 17.4. The summed E-state index contributed by atoms with van der Waals surface area (Å²) >= 11 is 0. The van der Waals surface area contributed by atoms with Crippen LogP contribution in [0.2, 0.25) is 0 Å². The van der Waals surface area contributed by atoms with E-state index in [2.05, 4.69) is 24.1 Å². The lowest BCUT2D eigenvalue weighted by molar-refractivity contribution is 0.558. The Morgan fingerprint density at radius 2 is 2.00 bits per heavy atom. The molecule has 154 valence electrons. The van der Waals surface area contributed by atoms with E-state index in [0.29, 0.717) is 29.1 Å². The maximum Gasteiger partial charge on any atom is 0.345 e. The molecule has 0 saturated heterocycles. The minimum absolute atomic E-state index is 0.305. The first kappa shape index (κ1) is 20.1. The molecule has 0 unspecified atom stereocenters. The smallest absolute Gasteiger partial charge is 0.345 e. The van der Waals surface area contributed by atoms with Gasteiger partial charge in [-0.3, -0.25) is 0 Å². The summed E-state index contributed by atoms with van der Waals surface area (Å²) in [5, 5.41) is 4.14. The molecule has 4 nitrogen and oxygen atoms in total. The van der Waals surface area contributed by atoms with E-state index in [1.807, 2.05) is 31.2 Å².